The van der Waals surface area contributed by atoms with E-state index in [4.69, 9.17) is 9.05 Å². The van der Waals surface area contributed by atoms with Crippen LogP contribution in [-0.2, 0) is 18.4 Å². The van der Waals surface area contributed by atoms with Gasteiger partial charge < -0.3 is 19.8 Å². The fourth-order valence-corrected chi connectivity index (χ4v) is 9.93. The monoisotopic (exact) mass is 1050 g/mol. The summed E-state index contributed by atoms with van der Waals surface area (Å²) in [6, 6.07) is -0.762. The van der Waals surface area contributed by atoms with Crippen molar-refractivity contribution in [3.8, 4) is 0 Å². The Morgan fingerprint density at radius 2 is 0.822 bits per heavy atom. The summed E-state index contributed by atoms with van der Waals surface area (Å²) in [5, 5.41) is 14.1. The molecule has 1 amide bonds. The molecule has 0 saturated heterocycles. The van der Waals surface area contributed by atoms with Gasteiger partial charge in [-0.3, -0.25) is 13.8 Å². The number of phosphoric acid groups is 1. The molecule has 0 aromatic rings. The summed E-state index contributed by atoms with van der Waals surface area (Å²) in [4.78, 5) is 23.4. The largest absolute Gasteiger partial charge is 0.472 e. The second kappa shape index (κ2) is 55.0. The molecule has 0 aliphatic heterocycles. The standard InChI is InChI=1S/C64H121N2O6P/c1-6-8-10-12-14-16-18-20-22-24-26-27-28-29-30-31-32-33-34-35-36-37-38-39-40-42-44-46-48-50-52-54-56-58-64(68)65-62(61-72-73(69,70)71-60-59-66(3,4)5)63(67)57-55-53-51-49-47-45-43-41-25-23-21-19-17-15-13-11-9-7-2/h8,10,14,16,20,22,26-27,29-30,62-63,67H,6-7,9,11-13,15,17-19,21,23-25,28,31-61H2,1-5H3,(H-,65,68,69,70)/p+1/b10-8-,16-14-,22-20-,27-26-,30-29-. The lowest BCUT2D eigenvalue weighted by Gasteiger charge is -2.26. The zero-order chi connectivity index (χ0) is 53.5. The number of hydrogen-bond donors (Lipinski definition) is 3. The first-order valence-electron chi connectivity index (χ1n) is 31.2. The maximum Gasteiger partial charge on any atom is 0.472 e. The first kappa shape index (κ1) is 71.2. The Labute approximate surface area is 453 Å². The Morgan fingerprint density at radius 3 is 1.21 bits per heavy atom. The van der Waals surface area contributed by atoms with E-state index in [1.54, 1.807) is 0 Å². The molecule has 3 atom stereocenters. The summed E-state index contributed by atoms with van der Waals surface area (Å²) in [6.45, 7) is 4.81. The third-order valence-electron chi connectivity index (χ3n) is 14.0. The molecular weight excluding hydrogens is 924 g/mol. The molecule has 0 saturated carbocycles. The number of likely N-dealkylation sites (N-methyl/N-ethyl adjacent to an activating group) is 1. The van der Waals surface area contributed by atoms with Gasteiger partial charge in [-0.2, -0.15) is 0 Å². The molecule has 73 heavy (non-hydrogen) atoms. The van der Waals surface area contributed by atoms with Gasteiger partial charge in [-0.1, -0.05) is 286 Å². The lowest BCUT2D eigenvalue weighted by Crippen LogP contribution is -2.46. The van der Waals surface area contributed by atoms with Crippen LogP contribution in [0.1, 0.15) is 290 Å². The van der Waals surface area contributed by atoms with Crippen molar-refractivity contribution in [3.63, 3.8) is 0 Å². The molecule has 0 bridgehead atoms. The minimum Gasteiger partial charge on any atom is -0.391 e. The molecule has 0 radical (unpaired) electrons. The van der Waals surface area contributed by atoms with Crippen molar-refractivity contribution in [2.45, 2.75) is 302 Å². The summed E-state index contributed by atoms with van der Waals surface area (Å²) in [7, 11) is 1.62. The fourth-order valence-electron chi connectivity index (χ4n) is 9.19. The van der Waals surface area contributed by atoms with E-state index in [1.165, 1.54) is 193 Å². The number of allylic oxidation sites excluding steroid dienone is 10. The maximum atomic E-state index is 13.0. The summed E-state index contributed by atoms with van der Waals surface area (Å²) in [5.74, 6) is -0.141. The Morgan fingerprint density at radius 1 is 0.479 bits per heavy atom. The minimum absolute atomic E-state index is 0.0749. The van der Waals surface area contributed by atoms with Gasteiger partial charge in [0.15, 0.2) is 0 Å². The van der Waals surface area contributed by atoms with E-state index in [0.717, 1.165) is 70.6 Å². The highest BCUT2D eigenvalue weighted by Crippen LogP contribution is 2.43. The molecule has 3 unspecified atom stereocenters. The lowest BCUT2D eigenvalue weighted by molar-refractivity contribution is -0.870. The molecule has 9 heteroatoms. The minimum atomic E-state index is -4.33. The van der Waals surface area contributed by atoms with Crippen LogP contribution in [0.4, 0.5) is 0 Å². The second-order valence-electron chi connectivity index (χ2n) is 22.4. The van der Waals surface area contributed by atoms with Gasteiger partial charge in [0.2, 0.25) is 5.91 Å². The van der Waals surface area contributed by atoms with Crippen LogP contribution < -0.4 is 5.32 Å². The van der Waals surface area contributed by atoms with E-state index >= 15 is 0 Å². The molecule has 0 spiro atoms. The summed E-state index contributed by atoms with van der Waals surface area (Å²) >= 11 is 0. The van der Waals surface area contributed by atoms with Crippen molar-refractivity contribution >= 4 is 13.7 Å². The van der Waals surface area contributed by atoms with Gasteiger partial charge in [0.25, 0.3) is 0 Å². The van der Waals surface area contributed by atoms with Crippen molar-refractivity contribution in [1.82, 2.24) is 5.32 Å². The highest BCUT2D eigenvalue weighted by molar-refractivity contribution is 7.47. The van der Waals surface area contributed by atoms with E-state index < -0.39 is 20.0 Å². The van der Waals surface area contributed by atoms with Gasteiger partial charge in [0.05, 0.1) is 39.9 Å². The van der Waals surface area contributed by atoms with Crippen LogP contribution in [0.5, 0.6) is 0 Å². The number of aliphatic hydroxyl groups is 1. The number of carbonyl (C=O) groups is 1. The summed E-state index contributed by atoms with van der Waals surface area (Å²) in [5.41, 5.74) is 0. The average molecular weight is 1050 g/mol. The number of nitrogens with zero attached hydrogens (tertiary/aromatic N) is 1. The Bertz CT molecular complexity index is 1370. The first-order valence-corrected chi connectivity index (χ1v) is 32.6. The van der Waals surface area contributed by atoms with Gasteiger partial charge in [0, 0.05) is 6.42 Å². The summed E-state index contributed by atoms with van der Waals surface area (Å²) in [6.07, 6.45) is 74.3. The van der Waals surface area contributed by atoms with Crippen LogP contribution in [0, 0.1) is 0 Å². The van der Waals surface area contributed by atoms with Crippen molar-refractivity contribution in [1.29, 1.82) is 0 Å². The third-order valence-corrected chi connectivity index (χ3v) is 15.0. The van der Waals surface area contributed by atoms with E-state index in [0.29, 0.717) is 23.9 Å². The molecule has 0 rings (SSSR count). The maximum absolute atomic E-state index is 13.0. The van der Waals surface area contributed by atoms with E-state index in [1.807, 2.05) is 21.1 Å². The van der Waals surface area contributed by atoms with Crippen molar-refractivity contribution in [2.24, 2.45) is 0 Å². The second-order valence-corrected chi connectivity index (χ2v) is 23.9. The topological polar surface area (TPSA) is 105 Å². The predicted octanol–water partition coefficient (Wildman–Crippen LogP) is 19.3. The van der Waals surface area contributed by atoms with Crippen molar-refractivity contribution in [3.05, 3.63) is 60.8 Å². The molecular formula is C64H122N2O6P+. The molecule has 428 valence electrons. The van der Waals surface area contributed by atoms with Crippen molar-refractivity contribution < 1.29 is 32.9 Å². The van der Waals surface area contributed by atoms with E-state index in [2.05, 4.69) is 79.9 Å². The Hall–Kier alpha value is -1.80. The molecule has 0 aliphatic rings. The van der Waals surface area contributed by atoms with Crippen molar-refractivity contribution in [2.75, 3.05) is 40.9 Å². The highest BCUT2D eigenvalue weighted by atomic mass is 31.2. The van der Waals surface area contributed by atoms with Crippen LogP contribution in [-0.4, -0.2) is 73.4 Å². The average Bonchev–Trinajstić information content (AvgIpc) is 3.35. The zero-order valence-corrected chi connectivity index (χ0v) is 49.8. The number of aliphatic hydroxyl groups excluding tert-OH is 1. The van der Waals surface area contributed by atoms with Crippen LogP contribution in [0.15, 0.2) is 60.8 Å². The fraction of sp³-hybridized carbons (Fsp3) is 0.828. The van der Waals surface area contributed by atoms with Gasteiger partial charge in [-0.15, -0.1) is 0 Å². The number of quaternary nitrogens is 1. The van der Waals surface area contributed by atoms with Gasteiger partial charge in [0.1, 0.15) is 13.2 Å². The van der Waals surface area contributed by atoms with E-state index in [9.17, 15) is 19.4 Å². The number of phosphoric ester groups is 1. The van der Waals surface area contributed by atoms with Crippen LogP contribution in [0.2, 0.25) is 0 Å². The number of unbranched alkanes of at least 4 members (excludes halogenated alkanes) is 34. The first-order chi connectivity index (χ1) is 35.5. The molecule has 0 fully saturated rings. The van der Waals surface area contributed by atoms with Gasteiger partial charge in [-0.25, -0.2) is 4.57 Å². The van der Waals surface area contributed by atoms with Gasteiger partial charge in [-0.05, 0) is 57.8 Å². The predicted molar refractivity (Wildman–Crippen MR) is 318 cm³/mol. The highest BCUT2D eigenvalue weighted by Gasteiger charge is 2.28. The molecule has 0 aliphatic carbocycles. The number of rotatable bonds is 57. The smallest absolute Gasteiger partial charge is 0.391 e. The molecule has 0 aromatic carbocycles. The van der Waals surface area contributed by atoms with Crippen LogP contribution in [0.25, 0.3) is 0 Å². The van der Waals surface area contributed by atoms with Crippen LogP contribution in [0.3, 0.4) is 0 Å². The molecule has 0 heterocycles. The number of nitrogens with one attached hydrogen (secondary N) is 1. The zero-order valence-electron chi connectivity index (χ0n) is 48.9. The third kappa shape index (κ3) is 57.7. The van der Waals surface area contributed by atoms with E-state index in [-0.39, 0.29) is 19.1 Å². The Kier molecular flexibility index (Phi) is 53.6. The van der Waals surface area contributed by atoms with Gasteiger partial charge >= 0.3 is 7.82 Å². The lowest BCUT2D eigenvalue weighted by atomic mass is 10.0. The number of hydrogen-bond acceptors (Lipinski definition) is 5. The van der Waals surface area contributed by atoms with Crippen LogP contribution >= 0.6 is 7.82 Å². The number of amides is 1. The molecule has 0 aromatic heterocycles. The molecule has 8 nitrogen and oxygen atoms in total. The quantitative estimate of drug-likeness (QED) is 0.0243. The molecule has 3 N–H and O–H groups in total. The SMILES string of the molecule is CC/C=C\C/C=C\C/C=C\C/C=C\C/C=C\CCCCCCCCCCCCCCCCCCCC(=O)NC(COP(=O)(O)OCC[N+](C)(C)C)C(O)CCCCCCCCCCCCCCCCCCCC. The summed E-state index contributed by atoms with van der Waals surface area (Å²) < 4.78 is 23.8. The Balaban J connectivity index is 4.04. The number of carbonyl (C=O) groups excluding carboxylic acids is 1. The normalized spacial score (nSPS) is 14.2.